The van der Waals surface area contributed by atoms with E-state index in [1.807, 2.05) is 0 Å². The summed E-state index contributed by atoms with van der Waals surface area (Å²) in [6.45, 7) is 16.2. The minimum atomic E-state index is -0.640. The van der Waals surface area contributed by atoms with E-state index in [4.69, 9.17) is 10.5 Å². The first kappa shape index (κ1) is 18.3. The number of hydrogen-bond acceptors (Lipinski definition) is 2. The van der Waals surface area contributed by atoms with Crippen molar-refractivity contribution in [2.45, 2.75) is 86.7 Å². The molecule has 0 heterocycles. The summed E-state index contributed by atoms with van der Waals surface area (Å²) in [4.78, 5) is 11.3. The second-order valence-corrected chi connectivity index (χ2v) is 8.01. The van der Waals surface area contributed by atoms with Crippen LogP contribution >= 0.6 is 0 Å². The number of amides is 1. The number of nitrogens with two attached hydrogens (primary N) is 1. The Morgan fingerprint density at radius 3 is 2.29 bits per heavy atom. The van der Waals surface area contributed by atoms with Crippen molar-refractivity contribution in [3.05, 3.63) is 0 Å². The van der Waals surface area contributed by atoms with Gasteiger partial charge in [-0.05, 0) is 36.0 Å². The molecule has 1 amide bonds. The summed E-state index contributed by atoms with van der Waals surface area (Å²) in [7, 11) is 0. The van der Waals surface area contributed by atoms with Crippen molar-refractivity contribution in [3.63, 3.8) is 0 Å². The van der Waals surface area contributed by atoms with Crippen LogP contribution in [0, 0.1) is 22.2 Å². The Morgan fingerprint density at radius 1 is 1.29 bits per heavy atom. The quantitative estimate of drug-likeness (QED) is 0.764. The fraction of sp³-hybridized carbons (Fsp3) is 0.944. The Kier molecular flexibility index (Phi) is 5.39. The summed E-state index contributed by atoms with van der Waals surface area (Å²) < 4.78 is 5.51. The molecule has 4 unspecified atom stereocenters. The zero-order valence-electron chi connectivity index (χ0n) is 15.1. The van der Waals surface area contributed by atoms with Gasteiger partial charge in [-0.15, -0.1) is 0 Å². The Balaban J connectivity index is 3.30. The number of carbonyl (C=O) groups excluding carboxylic acids is 1. The lowest BCUT2D eigenvalue weighted by molar-refractivity contribution is -0.187. The highest BCUT2D eigenvalue weighted by molar-refractivity contribution is 5.65. The van der Waals surface area contributed by atoms with Crippen molar-refractivity contribution in [2.75, 3.05) is 0 Å². The molecule has 1 rings (SSSR count). The Bertz CT molecular complexity index is 379. The van der Waals surface area contributed by atoms with E-state index in [1.165, 1.54) is 12.8 Å². The summed E-state index contributed by atoms with van der Waals surface area (Å²) in [6, 6.07) is 0. The Labute approximate surface area is 131 Å². The topological polar surface area (TPSA) is 52.3 Å². The van der Waals surface area contributed by atoms with Gasteiger partial charge in [-0.2, -0.15) is 0 Å². The molecule has 21 heavy (non-hydrogen) atoms. The minimum Gasteiger partial charge on any atom is -0.446 e. The summed E-state index contributed by atoms with van der Waals surface area (Å²) in [6.07, 6.45) is 4.85. The minimum absolute atomic E-state index is 0.0837. The summed E-state index contributed by atoms with van der Waals surface area (Å²) in [5.74, 6) is 0.573. The molecule has 0 radical (unpaired) electrons. The number of primary amides is 1. The van der Waals surface area contributed by atoms with Crippen LogP contribution in [0.3, 0.4) is 0 Å². The van der Waals surface area contributed by atoms with Gasteiger partial charge in [-0.3, -0.25) is 0 Å². The second kappa shape index (κ2) is 6.18. The molecule has 1 saturated carbocycles. The summed E-state index contributed by atoms with van der Waals surface area (Å²) >= 11 is 0. The number of rotatable bonds is 5. The van der Waals surface area contributed by atoms with E-state index in [2.05, 4.69) is 48.5 Å². The first-order valence-corrected chi connectivity index (χ1v) is 8.53. The van der Waals surface area contributed by atoms with E-state index in [0.29, 0.717) is 5.92 Å². The van der Waals surface area contributed by atoms with E-state index < -0.39 is 6.09 Å². The van der Waals surface area contributed by atoms with Gasteiger partial charge in [0.15, 0.2) is 0 Å². The van der Waals surface area contributed by atoms with E-state index in [-0.39, 0.29) is 22.3 Å². The molecule has 0 aromatic heterocycles. The van der Waals surface area contributed by atoms with Crippen molar-refractivity contribution in [3.8, 4) is 0 Å². The van der Waals surface area contributed by atoms with Crippen LogP contribution in [0.1, 0.15) is 80.6 Å². The zero-order chi connectivity index (χ0) is 16.5. The van der Waals surface area contributed by atoms with Crippen LogP contribution in [0.5, 0.6) is 0 Å². The van der Waals surface area contributed by atoms with Crippen LogP contribution in [0.25, 0.3) is 0 Å². The zero-order valence-corrected chi connectivity index (χ0v) is 15.1. The van der Waals surface area contributed by atoms with Crippen molar-refractivity contribution in [1.29, 1.82) is 0 Å². The van der Waals surface area contributed by atoms with Crippen LogP contribution in [0.4, 0.5) is 4.79 Å². The molecule has 0 bridgehead atoms. The molecule has 4 atom stereocenters. The molecule has 0 saturated heterocycles. The monoisotopic (exact) mass is 297 g/mol. The molecule has 0 aromatic carbocycles. The van der Waals surface area contributed by atoms with Gasteiger partial charge in [-0.25, -0.2) is 4.79 Å². The molecule has 124 valence electrons. The smallest absolute Gasteiger partial charge is 0.404 e. The van der Waals surface area contributed by atoms with Gasteiger partial charge in [0, 0.05) is 5.41 Å². The van der Waals surface area contributed by atoms with Crippen LogP contribution < -0.4 is 5.73 Å². The molecule has 3 nitrogen and oxygen atoms in total. The van der Waals surface area contributed by atoms with Gasteiger partial charge in [0.2, 0.25) is 0 Å². The lowest BCUT2D eigenvalue weighted by Crippen LogP contribution is -2.61. The van der Waals surface area contributed by atoms with Gasteiger partial charge >= 0.3 is 6.09 Å². The molecule has 0 aromatic rings. The predicted octanol–water partition coefficient (Wildman–Crippen LogP) is 5.13. The van der Waals surface area contributed by atoms with Crippen LogP contribution in [-0.2, 0) is 4.74 Å². The fourth-order valence-electron chi connectivity index (χ4n) is 5.10. The van der Waals surface area contributed by atoms with Crippen LogP contribution in [0.2, 0.25) is 0 Å². The van der Waals surface area contributed by atoms with E-state index in [1.54, 1.807) is 0 Å². The van der Waals surface area contributed by atoms with E-state index in [0.717, 1.165) is 19.3 Å². The van der Waals surface area contributed by atoms with Crippen LogP contribution in [-0.4, -0.2) is 12.2 Å². The highest BCUT2D eigenvalue weighted by Gasteiger charge is 2.61. The number of carbonyl (C=O) groups is 1. The Morgan fingerprint density at radius 2 is 1.86 bits per heavy atom. The van der Waals surface area contributed by atoms with Gasteiger partial charge in [0.05, 0.1) is 0 Å². The second-order valence-electron chi connectivity index (χ2n) is 8.01. The molecular formula is C18H35NO2. The normalized spacial score (nSPS) is 37.0. The molecule has 0 aliphatic heterocycles. The molecular weight excluding hydrogens is 262 g/mol. The average Bonchev–Trinajstić information content (AvgIpc) is 2.39. The average molecular weight is 297 g/mol. The van der Waals surface area contributed by atoms with Crippen LogP contribution in [0.15, 0.2) is 0 Å². The third kappa shape index (κ3) is 2.80. The van der Waals surface area contributed by atoms with E-state index >= 15 is 0 Å². The fourth-order valence-corrected chi connectivity index (χ4v) is 5.10. The molecule has 2 N–H and O–H groups in total. The molecule has 1 aliphatic rings. The maximum absolute atomic E-state index is 11.3. The molecule has 3 heteroatoms. The highest BCUT2D eigenvalue weighted by atomic mass is 16.6. The first-order chi connectivity index (χ1) is 9.56. The Hall–Kier alpha value is -0.730. The third-order valence-electron chi connectivity index (χ3n) is 7.01. The molecule has 1 fully saturated rings. The first-order valence-electron chi connectivity index (χ1n) is 8.53. The number of ether oxygens (including phenoxy) is 1. The van der Waals surface area contributed by atoms with Gasteiger partial charge < -0.3 is 10.5 Å². The van der Waals surface area contributed by atoms with Crippen molar-refractivity contribution < 1.29 is 9.53 Å². The molecule has 1 aliphatic carbocycles. The highest BCUT2D eigenvalue weighted by Crippen LogP contribution is 2.65. The number of hydrogen-bond donors (Lipinski definition) is 1. The lowest BCUT2D eigenvalue weighted by atomic mass is 9.41. The SMILES string of the molecule is CCCC1(C)CCC(OC(N)=O)C(C)(C)C1(C)C(C)CC. The van der Waals surface area contributed by atoms with Gasteiger partial charge in [-0.1, -0.05) is 61.3 Å². The van der Waals surface area contributed by atoms with Crippen molar-refractivity contribution in [2.24, 2.45) is 27.9 Å². The maximum atomic E-state index is 11.3. The lowest BCUT2D eigenvalue weighted by Gasteiger charge is -2.64. The van der Waals surface area contributed by atoms with Crippen molar-refractivity contribution in [1.82, 2.24) is 0 Å². The largest absolute Gasteiger partial charge is 0.446 e. The van der Waals surface area contributed by atoms with Gasteiger partial charge in [0.1, 0.15) is 6.10 Å². The third-order valence-corrected chi connectivity index (χ3v) is 7.01. The predicted molar refractivity (Wildman–Crippen MR) is 88.0 cm³/mol. The molecule has 0 spiro atoms. The maximum Gasteiger partial charge on any atom is 0.404 e. The van der Waals surface area contributed by atoms with Gasteiger partial charge in [0.25, 0.3) is 0 Å². The standard InChI is InChI=1S/C18H35NO2/c1-8-11-17(6)12-10-14(21-15(19)20)16(4,5)18(17,7)13(3)9-2/h13-14H,8-12H2,1-7H3,(H2,19,20). The summed E-state index contributed by atoms with van der Waals surface area (Å²) in [5, 5.41) is 0. The summed E-state index contributed by atoms with van der Waals surface area (Å²) in [5.41, 5.74) is 5.61. The van der Waals surface area contributed by atoms with E-state index in [9.17, 15) is 4.79 Å². The van der Waals surface area contributed by atoms with Crippen molar-refractivity contribution >= 4 is 6.09 Å².